The number of benzene rings is 1. The second-order valence-corrected chi connectivity index (χ2v) is 4.15. The predicted octanol–water partition coefficient (Wildman–Crippen LogP) is 2.36. The minimum atomic E-state index is -5.21. The Morgan fingerprint density at radius 3 is 2.26 bits per heavy atom. The normalized spacial score (nSPS) is 20.6. The van der Waals surface area contributed by atoms with Crippen LogP contribution in [0.5, 0.6) is 0 Å². The van der Waals surface area contributed by atoms with Gasteiger partial charge in [-0.1, -0.05) is 0 Å². The van der Waals surface area contributed by atoms with E-state index in [-0.39, 0.29) is 12.6 Å². The summed E-state index contributed by atoms with van der Waals surface area (Å²) in [6.07, 6.45) is -5.21. The monoisotopic (exact) mass is 284 g/mol. The van der Waals surface area contributed by atoms with E-state index in [0.717, 1.165) is 0 Å². The molecule has 0 amide bonds. The number of alkyl halides is 3. The van der Waals surface area contributed by atoms with Crippen molar-refractivity contribution in [1.82, 2.24) is 10.6 Å². The molecule has 1 aromatic rings. The quantitative estimate of drug-likeness (QED) is 0.774. The number of nitrogens with one attached hydrogen (secondary N) is 2. The molecule has 0 bridgehead atoms. The van der Waals surface area contributed by atoms with Crippen LogP contribution in [0.15, 0.2) is 6.07 Å². The number of halogens is 6. The Balaban J connectivity index is 2.54. The number of hydrogen-bond acceptors (Lipinski definition) is 2. The molecule has 1 aliphatic heterocycles. The first kappa shape index (κ1) is 14.1. The molecule has 0 unspecified atom stereocenters. The van der Waals surface area contributed by atoms with Crippen LogP contribution < -0.4 is 10.6 Å². The number of piperazine rings is 1. The van der Waals surface area contributed by atoms with Crippen molar-refractivity contribution in [2.24, 2.45) is 0 Å². The Hall–Kier alpha value is -1.28. The van der Waals surface area contributed by atoms with Gasteiger partial charge in [0.15, 0.2) is 0 Å². The molecular formula is C11H10F6N2. The minimum Gasteiger partial charge on any atom is -0.314 e. The molecule has 2 N–H and O–H groups in total. The maximum Gasteiger partial charge on any atom is 0.422 e. The Labute approximate surface area is 104 Å². The van der Waals surface area contributed by atoms with E-state index >= 15 is 0 Å². The van der Waals surface area contributed by atoms with Gasteiger partial charge in [-0.3, -0.25) is 0 Å². The average molecular weight is 284 g/mol. The van der Waals surface area contributed by atoms with E-state index in [9.17, 15) is 26.3 Å². The van der Waals surface area contributed by atoms with Crippen LogP contribution >= 0.6 is 0 Å². The van der Waals surface area contributed by atoms with Crippen LogP contribution in [-0.2, 0) is 6.18 Å². The molecule has 1 atom stereocenters. The third-order valence-electron chi connectivity index (χ3n) is 2.88. The fourth-order valence-corrected chi connectivity index (χ4v) is 2.04. The van der Waals surface area contributed by atoms with Gasteiger partial charge in [-0.2, -0.15) is 13.2 Å². The lowest BCUT2D eigenvalue weighted by Gasteiger charge is -2.26. The van der Waals surface area contributed by atoms with Gasteiger partial charge in [-0.15, -0.1) is 0 Å². The molecule has 1 aromatic carbocycles. The fourth-order valence-electron chi connectivity index (χ4n) is 2.04. The molecule has 0 aliphatic carbocycles. The largest absolute Gasteiger partial charge is 0.422 e. The first-order chi connectivity index (χ1) is 8.82. The standard InChI is InChI=1S/C11H10F6N2/c12-5-3-6(13)9(11(15,16)17)10(14)8(5)7-4-18-1-2-19-7/h3,7,18-19H,1-2,4H2/t7-/m0/s1. The molecule has 2 nitrogen and oxygen atoms in total. The van der Waals surface area contributed by atoms with Gasteiger partial charge in [0.25, 0.3) is 0 Å². The first-order valence-corrected chi connectivity index (χ1v) is 5.51. The van der Waals surface area contributed by atoms with Crippen molar-refractivity contribution in [2.45, 2.75) is 12.2 Å². The molecule has 8 heteroatoms. The van der Waals surface area contributed by atoms with Crippen LogP contribution in [0.2, 0.25) is 0 Å². The highest BCUT2D eigenvalue weighted by Gasteiger charge is 2.41. The molecule has 1 fully saturated rings. The van der Waals surface area contributed by atoms with Gasteiger partial charge >= 0.3 is 6.18 Å². The summed E-state index contributed by atoms with van der Waals surface area (Å²) >= 11 is 0. The Kier molecular flexibility index (Phi) is 3.73. The second kappa shape index (κ2) is 5.01. The smallest absolute Gasteiger partial charge is 0.314 e. The van der Waals surface area contributed by atoms with Crippen LogP contribution in [0.1, 0.15) is 17.2 Å². The second-order valence-electron chi connectivity index (χ2n) is 4.15. The zero-order valence-corrected chi connectivity index (χ0v) is 9.54. The van der Waals surface area contributed by atoms with Crippen molar-refractivity contribution in [1.29, 1.82) is 0 Å². The lowest BCUT2D eigenvalue weighted by atomic mass is 10.00. The Bertz CT molecular complexity index is 479. The van der Waals surface area contributed by atoms with E-state index in [0.29, 0.717) is 13.1 Å². The van der Waals surface area contributed by atoms with Crippen LogP contribution in [0.4, 0.5) is 26.3 Å². The summed E-state index contributed by atoms with van der Waals surface area (Å²) in [6.45, 7) is 0.951. The van der Waals surface area contributed by atoms with Crippen LogP contribution in [0.25, 0.3) is 0 Å². The van der Waals surface area contributed by atoms with E-state index in [1.54, 1.807) is 0 Å². The summed E-state index contributed by atoms with van der Waals surface area (Å²) in [5.74, 6) is -5.18. The highest BCUT2D eigenvalue weighted by atomic mass is 19.4. The van der Waals surface area contributed by atoms with Gasteiger partial charge in [-0.05, 0) is 0 Å². The summed E-state index contributed by atoms with van der Waals surface area (Å²) in [5.41, 5.74) is -2.85. The summed E-state index contributed by atoms with van der Waals surface area (Å²) in [7, 11) is 0. The molecule has 106 valence electrons. The zero-order valence-electron chi connectivity index (χ0n) is 9.54. The predicted molar refractivity (Wildman–Crippen MR) is 54.9 cm³/mol. The first-order valence-electron chi connectivity index (χ1n) is 5.51. The van der Waals surface area contributed by atoms with Crippen molar-refractivity contribution in [3.63, 3.8) is 0 Å². The lowest BCUT2D eigenvalue weighted by molar-refractivity contribution is -0.142. The van der Waals surface area contributed by atoms with Gasteiger partial charge < -0.3 is 10.6 Å². The molecule has 0 aromatic heterocycles. The van der Waals surface area contributed by atoms with Gasteiger partial charge in [0.1, 0.15) is 23.0 Å². The van der Waals surface area contributed by atoms with Crippen LogP contribution in [-0.4, -0.2) is 19.6 Å². The molecule has 19 heavy (non-hydrogen) atoms. The van der Waals surface area contributed by atoms with Gasteiger partial charge in [-0.25, -0.2) is 13.2 Å². The summed E-state index contributed by atoms with van der Waals surface area (Å²) in [4.78, 5) is 0. The third kappa shape index (κ3) is 2.69. The van der Waals surface area contributed by atoms with E-state index in [4.69, 9.17) is 0 Å². The zero-order chi connectivity index (χ0) is 14.2. The van der Waals surface area contributed by atoms with Crippen molar-refractivity contribution in [2.75, 3.05) is 19.6 Å². The summed E-state index contributed by atoms with van der Waals surface area (Å²) in [6, 6.07) is -0.896. The van der Waals surface area contributed by atoms with Crippen molar-refractivity contribution >= 4 is 0 Å². The van der Waals surface area contributed by atoms with E-state index in [1.165, 1.54) is 0 Å². The van der Waals surface area contributed by atoms with Crippen LogP contribution in [0.3, 0.4) is 0 Å². The molecule has 1 saturated heterocycles. The SMILES string of the molecule is Fc1cc(F)c(C(F)(F)F)c(F)c1[C@@H]1CNCCN1. The van der Waals surface area contributed by atoms with Crippen molar-refractivity contribution in [3.05, 3.63) is 34.6 Å². The van der Waals surface area contributed by atoms with E-state index in [1.807, 2.05) is 0 Å². The highest BCUT2D eigenvalue weighted by molar-refractivity contribution is 5.33. The number of rotatable bonds is 1. The summed E-state index contributed by atoms with van der Waals surface area (Å²) < 4.78 is 78.1. The van der Waals surface area contributed by atoms with Gasteiger partial charge in [0, 0.05) is 31.3 Å². The minimum absolute atomic E-state index is 0.0662. The molecule has 0 spiro atoms. The lowest BCUT2D eigenvalue weighted by Crippen LogP contribution is -2.43. The fraction of sp³-hybridized carbons (Fsp3) is 0.455. The van der Waals surface area contributed by atoms with Crippen LogP contribution in [0, 0.1) is 17.5 Å². The van der Waals surface area contributed by atoms with E-state index < -0.39 is 40.8 Å². The van der Waals surface area contributed by atoms with Crippen molar-refractivity contribution < 1.29 is 26.3 Å². The Morgan fingerprint density at radius 1 is 1.05 bits per heavy atom. The molecule has 2 rings (SSSR count). The average Bonchev–Trinajstić information content (AvgIpc) is 2.27. The topological polar surface area (TPSA) is 24.1 Å². The van der Waals surface area contributed by atoms with Gasteiger partial charge in [0.05, 0.1) is 6.04 Å². The van der Waals surface area contributed by atoms with E-state index in [2.05, 4.69) is 10.6 Å². The number of hydrogen-bond donors (Lipinski definition) is 2. The molecule has 0 radical (unpaired) electrons. The maximum absolute atomic E-state index is 13.8. The molecule has 1 aliphatic rings. The Morgan fingerprint density at radius 2 is 1.74 bits per heavy atom. The summed E-state index contributed by atoms with van der Waals surface area (Å²) in [5, 5.41) is 5.47. The van der Waals surface area contributed by atoms with Crippen molar-refractivity contribution in [3.8, 4) is 0 Å². The molecule has 0 saturated carbocycles. The maximum atomic E-state index is 13.8. The third-order valence-corrected chi connectivity index (χ3v) is 2.88. The molecular weight excluding hydrogens is 274 g/mol. The highest BCUT2D eigenvalue weighted by Crippen LogP contribution is 2.37. The van der Waals surface area contributed by atoms with Gasteiger partial charge in [0.2, 0.25) is 0 Å². The molecule has 1 heterocycles.